The monoisotopic (exact) mass is 267 g/mol. The molecule has 2 rings (SSSR count). The summed E-state index contributed by atoms with van der Waals surface area (Å²) in [5.74, 6) is 0.00694. The van der Waals surface area contributed by atoms with Gasteiger partial charge >= 0.3 is 0 Å². The summed E-state index contributed by atoms with van der Waals surface area (Å²) < 4.78 is 0. The van der Waals surface area contributed by atoms with E-state index in [1.807, 2.05) is 0 Å². The minimum absolute atomic E-state index is 0.0616. The average molecular weight is 267 g/mol. The van der Waals surface area contributed by atoms with E-state index in [1.165, 1.54) is 25.7 Å². The second-order valence-electron chi connectivity index (χ2n) is 6.47. The van der Waals surface area contributed by atoms with Gasteiger partial charge in [0.15, 0.2) is 5.84 Å². The van der Waals surface area contributed by atoms with Crippen molar-refractivity contribution < 1.29 is 10.0 Å². The minimum atomic E-state index is -0.774. The number of nitrogens with zero attached hydrogens (tertiary/aromatic N) is 1. The molecule has 2 fully saturated rings. The van der Waals surface area contributed by atoms with Crippen molar-refractivity contribution in [2.24, 2.45) is 21.7 Å². The van der Waals surface area contributed by atoms with Gasteiger partial charge in [0.05, 0.1) is 0 Å². The number of amides is 1. The molecule has 0 atom stereocenters. The zero-order valence-corrected chi connectivity index (χ0v) is 11.7. The van der Waals surface area contributed by atoms with Gasteiger partial charge in [-0.25, -0.2) is 0 Å². The van der Waals surface area contributed by atoms with Crippen molar-refractivity contribution in [1.29, 1.82) is 0 Å². The van der Waals surface area contributed by atoms with Gasteiger partial charge in [-0.15, -0.1) is 0 Å². The highest BCUT2D eigenvalue weighted by atomic mass is 16.4. The molecule has 0 aliphatic heterocycles. The number of amidine groups is 1. The van der Waals surface area contributed by atoms with E-state index in [4.69, 9.17) is 10.9 Å². The molecule has 108 valence electrons. The van der Waals surface area contributed by atoms with Gasteiger partial charge in [0.1, 0.15) is 5.41 Å². The van der Waals surface area contributed by atoms with E-state index in [-0.39, 0.29) is 17.2 Å². The van der Waals surface area contributed by atoms with Gasteiger partial charge in [0.25, 0.3) is 0 Å². The lowest BCUT2D eigenvalue weighted by atomic mass is 9.82. The summed E-state index contributed by atoms with van der Waals surface area (Å²) in [7, 11) is 0. The first-order valence-corrected chi connectivity index (χ1v) is 7.29. The second kappa shape index (κ2) is 5.39. The molecule has 2 saturated carbocycles. The molecule has 0 aromatic heterocycles. The van der Waals surface area contributed by atoms with E-state index in [0.29, 0.717) is 19.4 Å². The number of carbonyl (C=O) groups is 1. The van der Waals surface area contributed by atoms with Crippen molar-refractivity contribution in [3.8, 4) is 0 Å². The summed E-state index contributed by atoms with van der Waals surface area (Å²) in [6.07, 6.45) is 8.13. The predicted molar refractivity (Wildman–Crippen MR) is 73.9 cm³/mol. The Labute approximate surface area is 114 Å². The third kappa shape index (κ3) is 2.69. The fourth-order valence-electron chi connectivity index (χ4n) is 3.54. The molecule has 0 saturated heterocycles. The highest BCUT2D eigenvalue weighted by Crippen LogP contribution is 2.40. The van der Waals surface area contributed by atoms with Crippen LogP contribution in [0.3, 0.4) is 0 Å². The van der Waals surface area contributed by atoms with Gasteiger partial charge in [-0.3, -0.25) is 4.79 Å². The Morgan fingerprint density at radius 2 is 1.74 bits per heavy atom. The van der Waals surface area contributed by atoms with Gasteiger partial charge in [-0.2, -0.15) is 0 Å². The lowest BCUT2D eigenvalue weighted by molar-refractivity contribution is -0.128. The Bertz CT molecular complexity index is 367. The Morgan fingerprint density at radius 1 is 1.21 bits per heavy atom. The van der Waals surface area contributed by atoms with Crippen molar-refractivity contribution in [2.45, 2.75) is 58.3 Å². The number of hydrogen-bond acceptors (Lipinski definition) is 3. The van der Waals surface area contributed by atoms with Crippen LogP contribution in [0.15, 0.2) is 5.16 Å². The van der Waals surface area contributed by atoms with Crippen molar-refractivity contribution >= 4 is 11.7 Å². The number of rotatable bonds is 4. The standard InChI is InChI=1S/C14H25N3O2/c1-13(6-2-3-7-13)10-16-12(18)14(11(15)17-19)8-4-5-9-14/h19H,2-10H2,1H3,(H2,15,17)(H,16,18). The Balaban J connectivity index is 2.01. The average Bonchev–Trinajstić information content (AvgIpc) is 3.05. The summed E-state index contributed by atoms with van der Waals surface area (Å²) in [4.78, 5) is 12.5. The molecule has 2 aliphatic carbocycles. The predicted octanol–water partition coefficient (Wildman–Crippen LogP) is 1.99. The number of hydrogen-bond donors (Lipinski definition) is 3. The van der Waals surface area contributed by atoms with Crippen molar-refractivity contribution in [3.05, 3.63) is 0 Å². The molecule has 0 unspecified atom stereocenters. The summed E-state index contributed by atoms with van der Waals surface area (Å²) >= 11 is 0. The van der Waals surface area contributed by atoms with Crippen LogP contribution in [0.2, 0.25) is 0 Å². The van der Waals surface area contributed by atoms with Crippen LogP contribution >= 0.6 is 0 Å². The van der Waals surface area contributed by atoms with E-state index in [1.54, 1.807) is 0 Å². The third-order valence-electron chi connectivity index (χ3n) is 4.98. The lowest BCUT2D eigenvalue weighted by Gasteiger charge is -2.30. The highest BCUT2D eigenvalue weighted by molar-refractivity contribution is 6.07. The topological polar surface area (TPSA) is 87.7 Å². The van der Waals surface area contributed by atoms with Crippen molar-refractivity contribution in [1.82, 2.24) is 5.32 Å². The molecule has 19 heavy (non-hydrogen) atoms. The molecule has 0 spiro atoms. The normalized spacial score (nSPS) is 25.4. The number of nitrogens with one attached hydrogen (secondary N) is 1. The molecule has 0 bridgehead atoms. The van der Waals surface area contributed by atoms with Crippen molar-refractivity contribution in [2.75, 3.05) is 6.54 Å². The fourth-order valence-corrected chi connectivity index (χ4v) is 3.54. The maximum Gasteiger partial charge on any atom is 0.233 e. The summed E-state index contributed by atoms with van der Waals surface area (Å²) in [6, 6.07) is 0. The zero-order valence-electron chi connectivity index (χ0n) is 11.7. The molecule has 0 aromatic carbocycles. The van der Waals surface area contributed by atoms with Crippen LogP contribution in [-0.4, -0.2) is 23.5 Å². The molecule has 0 aromatic rings. The van der Waals surface area contributed by atoms with Gasteiger partial charge < -0.3 is 16.3 Å². The van der Waals surface area contributed by atoms with Crippen LogP contribution < -0.4 is 11.1 Å². The van der Waals surface area contributed by atoms with Crippen LogP contribution in [0.25, 0.3) is 0 Å². The minimum Gasteiger partial charge on any atom is -0.409 e. The van der Waals surface area contributed by atoms with E-state index in [2.05, 4.69) is 17.4 Å². The van der Waals surface area contributed by atoms with Crippen LogP contribution in [0.4, 0.5) is 0 Å². The maximum absolute atomic E-state index is 12.5. The van der Waals surface area contributed by atoms with Gasteiger partial charge in [-0.1, -0.05) is 37.8 Å². The quantitative estimate of drug-likeness (QED) is 0.315. The van der Waals surface area contributed by atoms with E-state index >= 15 is 0 Å². The van der Waals surface area contributed by atoms with Crippen molar-refractivity contribution in [3.63, 3.8) is 0 Å². The smallest absolute Gasteiger partial charge is 0.233 e. The number of oxime groups is 1. The first-order chi connectivity index (χ1) is 9.02. The number of carbonyl (C=O) groups excluding carboxylic acids is 1. The molecule has 0 radical (unpaired) electrons. The van der Waals surface area contributed by atoms with Gasteiger partial charge in [0.2, 0.25) is 5.91 Å². The molecular weight excluding hydrogens is 242 g/mol. The zero-order chi connectivity index (χ0) is 13.9. The van der Waals surface area contributed by atoms with Crippen LogP contribution in [0, 0.1) is 10.8 Å². The number of nitrogens with two attached hydrogens (primary N) is 1. The summed E-state index contributed by atoms with van der Waals surface area (Å²) in [5, 5.41) is 15.1. The fraction of sp³-hybridized carbons (Fsp3) is 0.857. The van der Waals surface area contributed by atoms with E-state index in [0.717, 1.165) is 12.8 Å². The Morgan fingerprint density at radius 3 is 2.26 bits per heavy atom. The molecule has 0 heterocycles. The third-order valence-corrected chi connectivity index (χ3v) is 4.98. The van der Waals surface area contributed by atoms with E-state index in [9.17, 15) is 4.79 Å². The van der Waals surface area contributed by atoms with Crippen LogP contribution in [0.5, 0.6) is 0 Å². The van der Waals surface area contributed by atoms with Gasteiger partial charge in [0, 0.05) is 6.54 Å². The Kier molecular flexibility index (Phi) is 4.02. The first kappa shape index (κ1) is 14.2. The molecule has 4 N–H and O–H groups in total. The van der Waals surface area contributed by atoms with Crippen LogP contribution in [0.1, 0.15) is 58.3 Å². The second-order valence-corrected chi connectivity index (χ2v) is 6.47. The maximum atomic E-state index is 12.5. The van der Waals surface area contributed by atoms with Gasteiger partial charge in [-0.05, 0) is 31.1 Å². The summed E-state index contributed by atoms with van der Waals surface area (Å²) in [5.41, 5.74) is 5.22. The largest absolute Gasteiger partial charge is 0.409 e. The molecule has 5 nitrogen and oxygen atoms in total. The van der Waals surface area contributed by atoms with Crippen LogP contribution in [-0.2, 0) is 4.79 Å². The first-order valence-electron chi connectivity index (χ1n) is 7.29. The molecule has 2 aliphatic rings. The SMILES string of the molecule is CC1(CNC(=O)C2(C(N)=NO)CCCC2)CCCC1. The van der Waals surface area contributed by atoms with E-state index < -0.39 is 5.41 Å². The summed E-state index contributed by atoms with van der Waals surface area (Å²) in [6.45, 7) is 2.93. The molecule has 1 amide bonds. The lowest BCUT2D eigenvalue weighted by Crippen LogP contribution is -2.50. The Hall–Kier alpha value is -1.26. The molecular formula is C14H25N3O2. The highest BCUT2D eigenvalue weighted by Gasteiger charge is 2.45. The molecule has 5 heteroatoms.